The molecule has 0 spiro atoms. The van der Waals surface area contributed by atoms with Crippen molar-refractivity contribution in [3.05, 3.63) is 83.1 Å². The van der Waals surface area contributed by atoms with E-state index >= 15 is 0 Å². The Balaban J connectivity index is 0.00000324. The molecule has 4 rings (SSSR count). The molecule has 0 aromatic carbocycles. The Morgan fingerprint density at radius 3 is 2.00 bits per heavy atom. The summed E-state index contributed by atoms with van der Waals surface area (Å²) in [6.45, 7) is 18.2. The van der Waals surface area contributed by atoms with Gasteiger partial charge in [-0.05, 0) is 13.8 Å². The normalized spacial score (nSPS) is 10.3. The van der Waals surface area contributed by atoms with Crippen LogP contribution in [0.4, 0.5) is 11.6 Å². The predicted octanol–water partition coefficient (Wildman–Crippen LogP) is 2.41. The Kier molecular flexibility index (Phi) is 6.59. The van der Waals surface area contributed by atoms with E-state index in [1.165, 1.54) is 21.5 Å². The summed E-state index contributed by atoms with van der Waals surface area (Å²) in [5, 5.41) is 18.5. The van der Waals surface area contributed by atoms with Crippen LogP contribution < -0.4 is 0 Å². The van der Waals surface area contributed by atoms with Gasteiger partial charge in [-0.2, -0.15) is 0 Å². The van der Waals surface area contributed by atoms with Crippen LogP contribution in [0.5, 0.6) is 0 Å². The Hall–Kier alpha value is -4.77. The third-order valence-corrected chi connectivity index (χ3v) is 4.78. The van der Waals surface area contributed by atoms with Gasteiger partial charge in [-0.25, -0.2) is 10.5 Å². The van der Waals surface area contributed by atoms with Crippen molar-refractivity contribution in [2.24, 2.45) is 0 Å². The molecule has 34 heavy (non-hydrogen) atoms. The minimum Gasteiger partial charge on any atom is -0.401 e. The first-order valence-electron chi connectivity index (χ1n) is 9.16. The second-order valence-electron chi connectivity index (χ2n) is 7.04. The van der Waals surface area contributed by atoms with Crippen molar-refractivity contribution in [2.45, 2.75) is 19.3 Å². The Morgan fingerprint density at radius 1 is 0.882 bits per heavy atom. The molecular formula is C21H10N12Pt. The van der Waals surface area contributed by atoms with Gasteiger partial charge in [0.1, 0.15) is 0 Å². The zero-order chi connectivity index (χ0) is 23.6. The molecule has 4 aromatic rings. The number of hydrogen-bond acceptors (Lipinski definition) is 8. The fourth-order valence-electron chi connectivity index (χ4n) is 2.95. The monoisotopic (exact) mass is 625 g/mol. The number of imidazole rings is 2. The fourth-order valence-corrected chi connectivity index (χ4v) is 2.95. The molecule has 0 saturated heterocycles. The average Bonchev–Trinajstić information content (AvgIpc) is 3.47. The Morgan fingerprint density at radius 2 is 1.47 bits per heavy atom. The van der Waals surface area contributed by atoms with E-state index in [1.807, 2.05) is 26.0 Å². The fraction of sp³-hybridized carbons (Fsp3) is 0.143. The first-order chi connectivity index (χ1) is 15.9. The van der Waals surface area contributed by atoms with E-state index < -0.39 is 5.41 Å². The van der Waals surface area contributed by atoms with Gasteiger partial charge in [0.05, 0.1) is 46.6 Å². The quantitative estimate of drug-likeness (QED) is 0.315. The molecule has 0 aliphatic heterocycles. The van der Waals surface area contributed by atoms with E-state index in [0.717, 1.165) is 0 Å². The van der Waals surface area contributed by atoms with Crippen LogP contribution >= 0.6 is 0 Å². The second kappa shape index (κ2) is 9.38. The molecule has 12 nitrogen and oxygen atoms in total. The van der Waals surface area contributed by atoms with Crippen molar-refractivity contribution >= 4 is 11.6 Å². The summed E-state index contributed by atoms with van der Waals surface area (Å²) in [6, 6.07) is 3.77. The van der Waals surface area contributed by atoms with Gasteiger partial charge in [-0.1, -0.05) is 18.1 Å². The average molecular weight is 625 g/mol. The molecule has 4 heterocycles. The van der Waals surface area contributed by atoms with Crippen molar-refractivity contribution in [2.75, 3.05) is 0 Å². The van der Waals surface area contributed by atoms with E-state index in [2.05, 4.69) is 52.2 Å². The number of aromatic nitrogens is 8. The van der Waals surface area contributed by atoms with Crippen LogP contribution in [-0.2, 0) is 26.5 Å². The Bertz CT molecular complexity index is 1440. The summed E-state index contributed by atoms with van der Waals surface area (Å²) in [6.07, 6.45) is 11.2. The molecular weight excluding hydrogens is 615 g/mol. The summed E-state index contributed by atoms with van der Waals surface area (Å²) >= 11 is 0. The van der Waals surface area contributed by atoms with Crippen molar-refractivity contribution in [1.82, 2.24) is 39.0 Å². The smallest absolute Gasteiger partial charge is 0.401 e. The summed E-state index contributed by atoms with van der Waals surface area (Å²) in [5.74, 6) is 0.447. The van der Waals surface area contributed by atoms with Crippen LogP contribution in [0.2, 0.25) is 0 Å². The van der Waals surface area contributed by atoms with Crippen molar-refractivity contribution in [3.63, 3.8) is 0 Å². The predicted molar refractivity (Wildman–Crippen MR) is 110 cm³/mol. The molecule has 0 fully saturated rings. The van der Waals surface area contributed by atoms with Crippen molar-refractivity contribution in [3.8, 4) is 23.8 Å². The third kappa shape index (κ3) is 3.91. The van der Waals surface area contributed by atoms with Crippen LogP contribution in [-0.4, -0.2) is 39.0 Å². The van der Waals surface area contributed by atoms with E-state index in [4.69, 9.17) is 18.4 Å². The molecule has 0 saturated carbocycles. The van der Waals surface area contributed by atoms with Crippen molar-refractivity contribution in [1.29, 1.82) is 10.5 Å². The summed E-state index contributed by atoms with van der Waals surface area (Å²) in [4.78, 5) is 31.8. The zero-order valence-electron chi connectivity index (χ0n) is 17.5. The van der Waals surface area contributed by atoms with Gasteiger partial charge in [0.15, 0.2) is 5.82 Å². The van der Waals surface area contributed by atoms with Gasteiger partial charge in [0.2, 0.25) is 0 Å². The van der Waals surface area contributed by atoms with Crippen LogP contribution in [0, 0.1) is 48.5 Å². The SMILES string of the molecule is [C-]#[N+]c1n[c-]n(-c2cncc(C(C)(C)c3cncc(-n4[c-]nc(C#N)c4C#N)n3)n2)c1[N+]#[C-].[Pt+2]. The molecule has 0 atom stereocenters. The maximum Gasteiger partial charge on any atom is 2.00 e. The van der Waals surface area contributed by atoms with E-state index in [1.54, 1.807) is 12.4 Å². The van der Waals surface area contributed by atoms with Gasteiger partial charge in [-0.3, -0.25) is 24.5 Å². The minimum absolute atomic E-state index is 0. The van der Waals surface area contributed by atoms with Gasteiger partial charge < -0.3 is 19.2 Å². The molecule has 0 aliphatic carbocycles. The number of nitriles is 2. The minimum atomic E-state index is -0.807. The molecule has 0 bridgehead atoms. The molecule has 13 heteroatoms. The second-order valence-corrected chi connectivity index (χ2v) is 7.04. The standard InChI is InChI=1S/C21H10N12.Pt/c1-21(2,15-7-26-9-17(30-15)32-11-28-13(5-22)14(32)6-23)16-8-27-10-18(31-16)33-12-29-19(24-3)20(33)25-4;/h7-10H,1-2H3;/q-2;+2. The van der Waals surface area contributed by atoms with Gasteiger partial charge in [-0.15, -0.1) is 0 Å². The third-order valence-electron chi connectivity index (χ3n) is 4.78. The summed E-state index contributed by atoms with van der Waals surface area (Å²) < 4.78 is 2.54. The number of nitrogens with zero attached hydrogens (tertiary/aromatic N) is 12. The molecule has 0 amide bonds. The molecule has 0 unspecified atom stereocenters. The molecule has 0 radical (unpaired) electrons. The largest absolute Gasteiger partial charge is 2.00 e. The summed E-state index contributed by atoms with van der Waals surface area (Å²) in [5.41, 5.74) is 0.133. The molecule has 164 valence electrons. The molecule has 0 N–H and O–H groups in total. The maximum atomic E-state index is 9.39. The first-order valence-corrected chi connectivity index (χ1v) is 9.16. The van der Waals surface area contributed by atoms with Gasteiger partial charge >= 0.3 is 26.9 Å². The first kappa shape index (κ1) is 23.9. The van der Waals surface area contributed by atoms with Gasteiger partial charge in [0, 0.05) is 30.6 Å². The van der Waals surface area contributed by atoms with E-state index in [-0.39, 0.29) is 55.7 Å². The molecule has 4 aromatic heterocycles. The number of hydrogen-bond donors (Lipinski definition) is 0. The topological polar surface area (TPSA) is 144 Å². The van der Waals surface area contributed by atoms with Crippen LogP contribution in [0.1, 0.15) is 36.6 Å². The zero-order valence-corrected chi connectivity index (χ0v) is 19.8. The van der Waals surface area contributed by atoms with E-state index in [0.29, 0.717) is 11.4 Å². The number of rotatable bonds is 4. The maximum absolute atomic E-state index is 9.39. The molecule has 0 aliphatic rings. The van der Waals surface area contributed by atoms with Gasteiger partial charge in [0.25, 0.3) is 12.1 Å². The van der Waals surface area contributed by atoms with Crippen LogP contribution in [0.3, 0.4) is 0 Å². The van der Waals surface area contributed by atoms with Crippen LogP contribution in [0.25, 0.3) is 21.3 Å². The Labute approximate surface area is 208 Å². The van der Waals surface area contributed by atoms with E-state index in [9.17, 15) is 5.26 Å². The summed E-state index contributed by atoms with van der Waals surface area (Å²) in [7, 11) is 0. The van der Waals surface area contributed by atoms with Crippen molar-refractivity contribution < 1.29 is 21.1 Å². The van der Waals surface area contributed by atoms with Crippen LogP contribution in [0.15, 0.2) is 24.8 Å².